The SMILES string of the molecule is O=C(Cc1ccc2c(c1)CCC2)NC1CCN(Cc2ccc(F)cc2)CC1. The fourth-order valence-electron chi connectivity index (χ4n) is 4.28. The minimum atomic E-state index is -0.191. The summed E-state index contributed by atoms with van der Waals surface area (Å²) in [6.45, 7) is 2.76. The minimum absolute atomic E-state index is 0.130. The Hall–Kier alpha value is -2.20. The number of halogens is 1. The molecule has 1 amide bonds. The molecule has 3 nitrogen and oxygen atoms in total. The molecule has 4 rings (SSSR count). The molecule has 1 fully saturated rings. The topological polar surface area (TPSA) is 32.3 Å². The number of nitrogens with one attached hydrogen (secondary N) is 1. The maximum Gasteiger partial charge on any atom is 0.224 e. The van der Waals surface area contributed by atoms with Crippen molar-refractivity contribution in [1.29, 1.82) is 0 Å². The van der Waals surface area contributed by atoms with E-state index in [4.69, 9.17) is 0 Å². The van der Waals surface area contributed by atoms with Crippen LogP contribution in [0.4, 0.5) is 4.39 Å². The van der Waals surface area contributed by atoms with Gasteiger partial charge in [-0.15, -0.1) is 0 Å². The molecule has 1 aliphatic carbocycles. The molecule has 0 radical (unpaired) electrons. The van der Waals surface area contributed by atoms with Crippen molar-refractivity contribution in [1.82, 2.24) is 10.2 Å². The Labute approximate surface area is 160 Å². The summed E-state index contributed by atoms with van der Waals surface area (Å²) in [6.07, 6.45) is 5.98. The Bertz CT molecular complexity index is 795. The standard InChI is InChI=1S/C23H27FN2O/c24-21-8-5-17(6-9-21)16-26-12-10-22(11-13-26)25-23(27)15-18-4-7-19-2-1-3-20(19)14-18/h4-9,14,22H,1-3,10-13,15-16H2,(H,25,27). The van der Waals surface area contributed by atoms with E-state index in [2.05, 4.69) is 28.4 Å². The maximum absolute atomic E-state index is 13.0. The van der Waals surface area contributed by atoms with Gasteiger partial charge in [-0.25, -0.2) is 4.39 Å². The van der Waals surface area contributed by atoms with Crippen LogP contribution in [0.25, 0.3) is 0 Å². The summed E-state index contributed by atoms with van der Waals surface area (Å²) in [4.78, 5) is 14.8. The van der Waals surface area contributed by atoms with Gasteiger partial charge in [-0.2, -0.15) is 0 Å². The second kappa shape index (κ2) is 8.22. The van der Waals surface area contributed by atoms with Crippen molar-refractivity contribution < 1.29 is 9.18 Å². The van der Waals surface area contributed by atoms with E-state index in [0.29, 0.717) is 6.42 Å². The number of benzene rings is 2. The number of piperidine rings is 1. The molecule has 0 atom stereocenters. The molecule has 2 aromatic rings. The summed E-state index contributed by atoms with van der Waals surface area (Å²) < 4.78 is 13.0. The van der Waals surface area contributed by atoms with Gasteiger partial charge in [0.1, 0.15) is 5.82 Å². The summed E-state index contributed by atoms with van der Waals surface area (Å²) >= 11 is 0. The molecule has 27 heavy (non-hydrogen) atoms. The molecular weight excluding hydrogens is 339 g/mol. The van der Waals surface area contributed by atoms with Crippen LogP contribution in [0.1, 0.15) is 41.5 Å². The van der Waals surface area contributed by atoms with Crippen molar-refractivity contribution in [3.63, 3.8) is 0 Å². The van der Waals surface area contributed by atoms with Crippen LogP contribution in [0, 0.1) is 5.82 Å². The molecule has 0 unspecified atom stereocenters. The summed E-state index contributed by atoms with van der Waals surface area (Å²) in [5.74, 6) is -0.0616. The van der Waals surface area contributed by atoms with Gasteiger partial charge in [0.25, 0.3) is 0 Å². The number of nitrogens with zero attached hydrogens (tertiary/aromatic N) is 1. The lowest BCUT2D eigenvalue weighted by Gasteiger charge is -2.32. The third-order valence-corrected chi connectivity index (χ3v) is 5.80. The minimum Gasteiger partial charge on any atom is -0.353 e. The number of likely N-dealkylation sites (tertiary alicyclic amines) is 1. The molecule has 0 bridgehead atoms. The van der Waals surface area contributed by atoms with Crippen LogP contribution in [0.2, 0.25) is 0 Å². The Morgan fingerprint density at radius 1 is 1.00 bits per heavy atom. The third-order valence-electron chi connectivity index (χ3n) is 5.80. The number of amides is 1. The van der Waals surface area contributed by atoms with Crippen molar-refractivity contribution in [2.75, 3.05) is 13.1 Å². The normalized spacial score (nSPS) is 17.7. The number of carbonyl (C=O) groups excluding carboxylic acids is 1. The van der Waals surface area contributed by atoms with Crippen molar-refractivity contribution in [2.45, 2.75) is 51.1 Å². The van der Waals surface area contributed by atoms with Gasteiger partial charge in [0.05, 0.1) is 6.42 Å². The first-order chi connectivity index (χ1) is 13.2. The van der Waals surface area contributed by atoms with E-state index in [9.17, 15) is 9.18 Å². The monoisotopic (exact) mass is 366 g/mol. The largest absolute Gasteiger partial charge is 0.353 e. The molecule has 142 valence electrons. The fourth-order valence-corrected chi connectivity index (χ4v) is 4.28. The van der Waals surface area contributed by atoms with E-state index >= 15 is 0 Å². The smallest absolute Gasteiger partial charge is 0.224 e. The maximum atomic E-state index is 13.0. The number of carbonyl (C=O) groups is 1. The number of hydrogen-bond donors (Lipinski definition) is 1. The molecule has 4 heteroatoms. The second-order valence-corrected chi connectivity index (χ2v) is 7.88. The zero-order valence-corrected chi connectivity index (χ0v) is 15.7. The predicted molar refractivity (Wildman–Crippen MR) is 105 cm³/mol. The molecule has 1 aliphatic heterocycles. The summed E-state index contributed by atoms with van der Waals surface area (Å²) in [5.41, 5.74) is 5.14. The summed E-state index contributed by atoms with van der Waals surface area (Å²) in [6, 6.07) is 13.5. The van der Waals surface area contributed by atoms with Gasteiger partial charge in [0.15, 0.2) is 0 Å². The van der Waals surface area contributed by atoms with Crippen LogP contribution >= 0.6 is 0 Å². The number of aryl methyl sites for hydroxylation is 2. The van der Waals surface area contributed by atoms with Crippen LogP contribution in [0.5, 0.6) is 0 Å². The van der Waals surface area contributed by atoms with Crippen molar-refractivity contribution in [2.24, 2.45) is 0 Å². The Kier molecular flexibility index (Phi) is 5.53. The van der Waals surface area contributed by atoms with Crippen LogP contribution in [-0.4, -0.2) is 29.9 Å². The Balaban J connectivity index is 1.23. The van der Waals surface area contributed by atoms with E-state index < -0.39 is 0 Å². The highest BCUT2D eigenvalue weighted by Gasteiger charge is 2.21. The van der Waals surface area contributed by atoms with Gasteiger partial charge in [-0.05, 0) is 66.5 Å². The van der Waals surface area contributed by atoms with Crippen molar-refractivity contribution >= 4 is 5.91 Å². The lowest BCUT2D eigenvalue weighted by Crippen LogP contribution is -2.44. The molecule has 2 aliphatic rings. The molecule has 0 spiro atoms. The highest BCUT2D eigenvalue weighted by molar-refractivity contribution is 5.79. The van der Waals surface area contributed by atoms with Gasteiger partial charge in [-0.1, -0.05) is 30.3 Å². The number of hydrogen-bond acceptors (Lipinski definition) is 2. The van der Waals surface area contributed by atoms with Crippen LogP contribution < -0.4 is 5.32 Å². The molecular formula is C23H27FN2O. The van der Waals surface area contributed by atoms with Gasteiger partial charge < -0.3 is 5.32 Å². The first kappa shape index (κ1) is 18.2. The Morgan fingerprint density at radius 2 is 1.70 bits per heavy atom. The third kappa shape index (κ3) is 4.75. The van der Waals surface area contributed by atoms with Gasteiger partial charge in [0, 0.05) is 25.7 Å². The highest BCUT2D eigenvalue weighted by atomic mass is 19.1. The summed E-state index contributed by atoms with van der Waals surface area (Å²) in [5, 5.41) is 3.21. The van der Waals surface area contributed by atoms with Gasteiger partial charge in [-0.3, -0.25) is 9.69 Å². The van der Waals surface area contributed by atoms with Crippen LogP contribution in [0.3, 0.4) is 0 Å². The predicted octanol–water partition coefficient (Wildman–Crippen LogP) is 3.64. The highest BCUT2D eigenvalue weighted by Crippen LogP contribution is 2.23. The van der Waals surface area contributed by atoms with E-state index in [1.807, 2.05) is 12.1 Å². The van der Waals surface area contributed by atoms with E-state index in [1.165, 1.54) is 36.1 Å². The van der Waals surface area contributed by atoms with Crippen molar-refractivity contribution in [3.05, 3.63) is 70.5 Å². The van der Waals surface area contributed by atoms with Crippen molar-refractivity contribution in [3.8, 4) is 0 Å². The summed E-state index contributed by atoms with van der Waals surface area (Å²) in [7, 11) is 0. The van der Waals surface area contributed by atoms with Crippen LogP contribution in [0.15, 0.2) is 42.5 Å². The first-order valence-corrected chi connectivity index (χ1v) is 10.0. The molecule has 0 aromatic heterocycles. The molecule has 1 heterocycles. The lowest BCUT2D eigenvalue weighted by molar-refractivity contribution is -0.121. The lowest BCUT2D eigenvalue weighted by atomic mass is 10.0. The zero-order valence-electron chi connectivity index (χ0n) is 15.7. The average molecular weight is 366 g/mol. The average Bonchev–Trinajstić information content (AvgIpc) is 3.13. The first-order valence-electron chi connectivity index (χ1n) is 10.0. The molecule has 2 aromatic carbocycles. The quantitative estimate of drug-likeness (QED) is 0.876. The van der Waals surface area contributed by atoms with Gasteiger partial charge in [0.2, 0.25) is 5.91 Å². The zero-order chi connectivity index (χ0) is 18.6. The second-order valence-electron chi connectivity index (χ2n) is 7.88. The van der Waals surface area contributed by atoms with E-state index in [0.717, 1.165) is 50.0 Å². The molecule has 0 saturated carbocycles. The number of rotatable bonds is 5. The van der Waals surface area contributed by atoms with E-state index in [1.54, 1.807) is 0 Å². The molecule has 1 saturated heterocycles. The van der Waals surface area contributed by atoms with E-state index in [-0.39, 0.29) is 17.8 Å². The van der Waals surface area contributed by atoms with Crippen LogP contribution in [-0.2, 0) is 30.6 Å². The number of fused-ring (bicyclic) bond motifs is 1. The molecule has 1 N–H and O–H groups in total. The Morgan fingerprint density at radius 3 is 2.48 bits per heavy atom. The fraction of sp³-hybridized carbons (Fsp3) is 0.435. The van der Waals surface area contributed by atoms with Gasteiger partial charge >= 0.3 is 0 Å².